The number of carboxylic acid groups (broad SMARTS) is 1. The molecule has 1 aliphatic rings. The van der Waals surface area contributed by atoms with Gasteiger partial charge in [0.2, 0.25) is 0 Å². The van der Waals surface area contributed by atoms with Gasteiger partial charge in [-0.3, -0.25) is 0 Å². The van der Waals surface area contributed by atoms with Crippen molar-refractivity contribution >= 4 is 21.9 Å². The summed E-state index contributed by atoms with van der Waals surface area (Å²) in [7, 11) is 0. The van der Waals surface area contributed by atoms with Crippen LogP contribution < -0.4 is 4.74 Å². The lowest BCUT2D eigenvalue weighted by Gasteiger charge is -2.07. The fourth-order valence-corrected chi connectivity index (χ4v) is 3.05. The number of carbonyl (C=O) groups is 1. The Labute approximate surface area is 130 Å². The number of nitrogens with zero attached hydrogens (tertiary/aromatic N) is 1. The smallest absolute Gasteiger partial charge is 0.356 e. The number of aromatic nitrogens is 2. The van der Waals surface area contributed by atoms with Gasteiger partial charge < -0.3 is 14.8 Å². The van der Waals surface area contributed by atoms with Crippen molar-refractivity contribution in [1.82, 2.24) is 9.97 Å². The Balaban J connectivity index is 2.18. The van der Waals surface area contributed by atoms with Gasteiger partial charge in [-0.25, -0.2) is 9.78 Å². The molecule has 0 spiro atoms. The van der Waals surface area contributed by atoms with Crippen molar-refractivity contribution < 1.29 is 14.6 Å². The van der Waals surface area contributed by atoms with Crippen molar-refractivity contribution in [3.05, 3.63) is 33.6 Å². The molecule has 0 saturated carbocycles. The first-order chi connectivity index (χ1) is 9.97. The van der Waals surface area contributed by atoms with Crippen LogP contribution in [0.5, 0.6) is 5.75 Å². The largest absolute Gasteiger partial charge is 0.492 e. The molecule has 2 heterocycles. The van der Waals surface area contributed by atoms with Gasteiger partial charge in [-0.1, -0.05) is 29.8 Å². The van der Waals surface area contributed by atoms with Crippen molar-refractivity contribution in [3.8, 4) is 17.1 Å². The van der Waals surface area contributed by atoms with Crippen LogP contribution in [0.4, 0.5) is 0 Å². The average Bonchev–Trinajstić information content (AvgIpc) is 3.03. The molecule has 0 bridgehead atoms. The predicted octanol–water partition coefficient (Wildman–Crippen LogP) is 3.60. The summed E-state index contributed by atoms with van der Waals surface area (Å²) < 4.78 is 6.61. The standard InChI is InChI=1S/C15H15BrN2O3/c1-7(2)11-12(15(19)20)18-14(17-11)10-6-9(16)5-8-3-4-21-13(8)10/h5-7H,3-4H2,1-2H3,(H,17,18)(H,19,20). The topological polar surface area (TPSA) is 75.2 Å². The zero-order chi connectivity index (χ0) is 15.1. The average molecular weight is 351 g/mol. The monoisotopic (exact) mass is 350 g/mol. The van der Waals surface area contributed by atoms with E-state index in [0.29, 0.717) is 18.1 Å². The molecule has 1 aromatic heterocycles. The molecule has 110 valence electrons. The summed E-state index contributed by atoms with van der Waals surface area (Å²) in [6.45, 7) is 4.51. The Bertz CT molecular complexity index is 722. The number of hydrogen-bond donors (Lipinski definition) is 2. The van der Waals surface area contributed by atoms with Crippen LogP contribution in [0.2, 0.25) is 0 Å². The fraction of sp³-hybridized carbons (Fsp3) is 0.333. The Morgan fingerprint density at radius 1 is 1.48 bits per heavy atom. The van der Waals surface area contributed by atoms with Gasteiger partial charge in [0.05, 0.1) is 17.9 Å². The van der Waals surface area contributed by atoms with E-state index in [2.05, 4.69) is 25.9 Å². The molecule has 0 aliphatic carbocycles. The van der Waals surface area contributed by atoms with Crippen LogP contribution >= 0.6 is 15.9 Å². The molecule has 0 atom stereocenters. The second-order valence-electron chi connectivity index (χ2n) is 5.35. The summed E-state index contributed by atoms with van der Waals surface area (Å²) in [5, 5.41) is 9.30. The van der Waals surface area contributed by atoms with E-state index in [-0.39, 0.29) is 11.6 Å². The van der Waals surface area contributed by atoms with Gasteiger partial charge in [-0.15, -0.1) is 0 Å². The number of benzene rings is 1. The molecule has 1 aromatic carbocycles. The van der Waals surface area contributed by atoms with E-state index >= 15 is 0 Å². The third-order valence-corrected chi connectivity index (χ3v) is 3.97. The molecule has 0 unspecified atom stereocenters. The van der Waals surface area contributed by atoms with Crippen LogP contribution in [-0.2, 0) is 6.42 Å². The van der Waals surface area contributed by atoms with E-state index in [1.54, 1.807) is 0 Å². The van der Waals surface area contributed by atoms with Gasteiger partial charge in [0.25, 0.3) is 0 Å². The van der Waals surface area contributed by atoms with Crippen LogP contribution in [0.15, 0.2) is 16.6 Å². The summed E-state index contributed by atoms with van der Waals surface area (Å²) in [5.74, 6) is 0.363. The lowest BCUT2D eigenvalue weighted by molar-refractivity contribution is 0.0689. The van der Waals surface area contributed by atoms with Crippen LogP contribution in [0.3, 0.4) is 0 Å². The Hall–Kier alpha value is -1.82. The number of hydrogen-bond acceptors (Lipinski definition) is 3. The van der Waals surface area contributed by atoms with Crippen molar-refractivity contribution in [2.24, 2.45) is 0 Å². The molecule has 6 heteroatoms. The number of rotatable bonds is 3. The van der Waals surface area contributed by atoms with E-state index in [0.717, 1.165) is 27.8 Å². The second-order valence-corrected chi connectivity index (χ2v) is 6.26. The molecule has 21 heavy (non-hydrogen) atoms. The molecule has 0 radical (unpaired) electrons. The van der Waals surface area contributed by atoms with E-state index in [1.807, 2.05) is 26.0 Å². The van der Waals surface area contributed by atoms with Gasteiger partial charge in [0.15, 0.2) is 5.69 Å². The van der Waals surface area contributed by atoms with Crippen molar-refractivity contribution in [1.29, 1.82) is 0 Å². The highest BCUT2D eigenvalue weighted by Gasteiger charge is 2.24. The number of fused-ring (bicyclic) bond motifs is 1. The molecular weight excluding hydrogens is 336 g/mol. The van der Waals surface area contributed by atoms with Crippen molar-refractivity contribution in [2.45, 2.75) is 26.2 Å². The van der Waals surface area contributed by atoms with Gasteiger partial charge in [0.1, 0.15) is 11.6 Å². The summed E-state index contributed by atoms with van der Waals surface area (Å²) >= 11 is 3.48. The molecule has 2 N–H and O–H groups in total. The highest BCUT2D eigenvalue weighted by molar-refractivity contribution is 9.10. The van der Waals surface area contributed by atoms with E-state index < -0.39 is 5.97 Å². The summed E-state index contributed by atoms with van der Waals surface area (Å²) in [4.78, 5) is 18.8. The number of imidazole rings is 1. The van der Waals surface area contributed by atoms with Gasteiger partial charge in [0, 0.05) is 10.9 Å². The highest BCUT2D eigenvalue weighted by atomic mass is 79.9. The van der Waals surface area contributed by atoms with Crippen molar-refractivity contribution in [2.75, 3.05) is 6.61 Å². The first kappa shape index (κ1) is 14.1. The maximum atomic E-state index is 11.3. The van der Waals surface area contributed by atoms with Gasteiger partial charge >= 0.3 is 5.97 Å². The molecule has 5 nitrogen and oxygen atoms in total. The highest BCUT2D eigenvalue weighted by Crippen LogP contribution is 2.39. The number of carboxylic acids is 1. The maximum Gasteiger partial charge on any atom is 0.356 e. The van der Waals surface area contributed by atoms with E-state index in [9.17, 15) is 9.90 Å². The number of nitrogens with one attached hydrogen (secondary N) is 1. The summed E-state index contributed by atoms with van der Waals surface area (Å²) in [5.41, 5.74) is 2.61. The number of aromatic amines is 1. The molecule has 0 saturated heterocycles. The zero-order valence-electron chi connectivity index (χ0n) is 11.7. The lowest BCUT2D eigenvalue weighted by Crippen LogP contribution is -2.02. The molecule has 0 fully saturated rings. The first-order valence-electron chi connectivity index (χ1n) is 6.76. The molecule has 1 aliphatic heterocycles. The van der Waals surface area contributed by atoms with E-state index in [1.165, 1.54) is 0 Å². The predicted molar refractivity (Wildman–Crippen MR) is 82.0 cm³/mol. The second kappa shape index (κ2) is 5.18. The Morgan fingerprint density at radius 3 is 2.86 bits per heavy atom. The SMILES string of the molecule is CC(C)c1[nH]c(-c2cc(Br)cc3c2OCC3)nc1C(=O)O. The Kier molecular flexibility index (Phi) is 3.49. The summed E-state index contributed by atoms with van der Waals surface area (Å²) in [6, 6.07) is 3.93. The quantitative estimate of drug-likeness (QED) is 0.886. The fourth-order valence-electron chi connectivity index (χ4n) is 2.54. The van der Waals surface area contributed by atoms with Crippen LogP contribution in [-0.4, -0.2) is 27.7 Å². The van der Waals surface area contributed by atoms with Crippen molar-refractivity contribution in [3.63, 3.8) is 0 Å². The number of aromatic carboxylic acids is 1. The van der Waals surface area contributed by atoms with Crippen LogP contribution in [0, 0.1) is 0 Å². The van der Waals surface area contributed by atoms with Gasteiger partial charge in [-0.05, 0) is 23.6 Å². The van der Waals surface area contributed by atoms with E-state index in [4.69, 9.17) is 4.74 Å². The summed E-state index contributed by atoms with van der Waals surface area (Å²) in [6.07, 6.45) is 0.852. The number of halogens is 1. The Morgan fingerprint density at radius 2 is 2.24 bits per heavy atom. The molecule has 3 rings (SSSR count). The molecule has 2 aromatic rings. The maximum absolute atomic E-state index is 11.3. The third kappa shape index (κ3) is 2.44. The minimum atomic E-state index is -1.02. The van der Waals surface area contributed by atoms with Crippen LogP contribution in [0.1, 0.15) is 41.5 Å². The normalized spacial score (nSPS) is 13.3. The molecule has 0 amide bonds. The number of H-pyrrole nitrogens is 1. The minimum Gasteiger partial charge on any atom is -0.492 e. The van der Waals surface area contributed by atoms with Gasteiger partial charge in [-0.2, -0.15) is 0 Å². The minimum absolute atomic E-state index is 0.0541. The molecular formula is C15H15BrN2O3. The third-order valence-electron chi connectivity index (χ3n) is 3.52. The zero-order valence-corrected chi connectivity index (χ0v) is 13.3. The van der Waals surface area contributed by atoms with Crippen LogP contribution in [0.25, 0.3) is 11.4 Å². The first-order valence-corrected chi connectivity index (χ1v) is 7.55. The number of ether oxygens (including phenoxy) is 1. The lowest BCUT2D eigenvalue weighted by atomic mass is 10.1.